The Kier molecular flexibility index (Phi) is 5.82. The number of hydrogen-bond donors (Lipinski definition) is 1. The zero-order valence-electron chi connectivity index (χ0n) is 15.7. The summed E-state index contributed by atoms with van der Waals surface area (Å²) in [5.74, 6) is -0.896. The topological polar surface area (TPSA) is 55.4 Å². The molecule has 1 aliphatic heterocycles. The van der Waals surface area contributed by atoms with Crippen LogP contribution in [0, 0.1) is 5.41 Å². The molecule has 0 saturated heterocycles. The SMILES string of the molecule is CCOC(=O)C1=C(CBr)NC2=C(C(=O)CC(C)(C)C2)C1c1ccccc1Cl. The Hall–Kier alpha value is -1.59. The molecule has 4 nitrogen and oxygen atoms in total. The molecule has 1 atom stereocenters. The quantitative estimate of drug-likeness (QED) is 0.522. The normalized spacial score (nSPS) is 21.7. The molecular weight excluding hydrogens is 430 g/mol. The molecule has 3 rings (SSSR count). The summed E-state index contributed by atoms with van der Waals surface area (Å²) in [6.07, 6.45) is 1.18. The number of alkyl halides is 1. The van der Waals surface area contributed by atoms with Crippen LogP contribution in [-0.2, 0) is 14.3 Å². The lowest BCUT2D eigenvalue weighted by atomic mass is 9.68. The molecule has 0 fully saturated rings. The van der Waals surface area contributed by atoms with E-state index in [9.17, 15) is 9.59 Å². The number of nitrogens with one attached hydrogen (secondary N) is 1. The minimum atomic E-state index is -0.523. The van der Waals surface area contributed by atoms with Crippen LogP contribution in [0.3, 0.4) is 0 Å². The Bertz CT molecular complexity index is 857. The predicted octanol–water partition coefficient (Wildman–Crippen LogP) is 4.88. The number of halogens is 2. The number of rotatable bonds is 4. The summed E-state index contributed by atoms with van der Waals surface area (Å²) < 4.78 is 5.33. The van der Waals surface area contributed by atoms with E-state index in [1.807, 2.05) is 18.2 Å². The van der Waals surface area contributed by atoms with E-state index >= 15 is 0 Å². The Morgan fingerprint density at radius 3 is 2.67 bits per heavy atom. The van der Waals surface area contributed by atoms with Crippen LogP contribution in [-0.4, -0.2) is 23.7 Å². The van der Waals surface area contributed by atoms with Gasteiger partial charge in [-0.2, -0.15) is 0 Å². The third-order valence-electron chi connectivity index (χ3n) is 4.97. The van der Waals surface area contributed by atoms with Crippen LogP contribution >= 0.6 is 27.5 Å². The zero-order chi connectivity index (χ0) is 19.8. The van der Waals surface area contributed by atoms with Crippen molar-refractivity contribution in [1.82, 2.24) is 5.32 Å². The average molecular weight is 453 g/mol. The van der Waals surface area contributed by atoms with Crippen molar-refractivity contribution in [3.8, 4) is 0 Å². The van der Waals surface area contributed by atoms with Gasteiger partial charge in [0.05, 0.1) is 12.2 Å². The molecule has 0 bridgehead atoms. The van der Waals surface area contributed by atoms with Gasteiger partial charge in [-0.15, -0.1) is 0 Å². The van der Waals surface area contributed by atoms with Gasteiger partial charge in [0.15, 0.2) is 5.78 Å². The minimum Gasteiger partial charge on any atom is -0.463 e. The van der Waals surface area contributed by atoms with E-state index in [2.05, 4.69) is 35.1 Å². The highest BCUT2D eigenvalue weighted by Gasteiger charge is 2.44. The maximum absolute atomic E-state index is 13.1. The number of hydrogen-bond acceptors (Lipinski definition) is 4. The van der Waals surface area contributed by atoms with Crippen LogP contribution in [0.2, 0.25) is 5.02 Å². The lowest BCUT2D eigenvalue weighted by Crippen LogP contribution is -2.39. The highest BCUT2D eigenvalue weighted by atomic mass is 79.9. The predicted molar refractivity (Wildman–Crippen MR) is 110 cm³/mol. The van der Waals surface area contributed by atoms with Crippen LogP contribution in [0.5, 0.6) is 0 Å². The molecule has 6 heteroatoms. The lowest BCUT2D eigenvalue weighted by molar-refractivity contribution is -0.138. The van der Waals surface area contributed by atoms with Gasteiger partial charge >= 0.3 is 5.97 Å². The summed E-state index contributed by atoms with van der Waals surface area (Å²) >= 11 is 9.97. The molecule has 1 aromatic rings. The number of esters is 1. The third-order valence-corrected chi connectivity index (χ3v) is 5.87. The average Bonchev–Trinajstić information content (AvgIpc) is 2.59. The zero-order valence-corrected chi connectivity index (χ0v) is 18.0. The number of carbonyl (C=O) groups excluding carboxylic acids is 2. The van der Waals surface area contributed by atoms with E-state index in [0.29, 0.717) is 27.9 Å². The molecule has 0 amide bonds. The van der Waals surface area contributed by atoms with Gasteiger partial charge in [-0.05, 0) is 30.4 Å². The second-order valence-corrected chi connectivity index (χ2v) is 8.63. The Morgan fingerprint density at radius 2 is 2.04 bits per heavy atom. The van der Waals surface area contributed by atoms with Crippen LogP contribution < -0.4 is 5.32 Å². The molecule has 0 spiro atoms. The second kappa shape index (κ2) is 7.80. The molecule has 144 valence electrons. The molecule has 1 N–H and O–H groups in total. The molecule has 1 heterocycles. The molecule has 0 radical (unpaired) electrons. The number of dihydropyridines is 1. The smallest absolute Gasteiger partial charge is 0.336 e. The van der Waals surface area contributed by atoms with Gasteiger partial charge in [0.25, 0.3) is 0 Å². The van der Waals surface area contributed by atoms with Gasteiger partial charge in [-0.25, -0.2) is 4.79 Å². The first-order valence-corrected chi connectivity index (χ1v) is 10.5. The Labute approximate surface area is 173 Å². The van der Waals surface area contributed by atoms with Crippen LogP contribution in [0.4, 0.5) is 0 Å². The number of allylic oxidation sites excluding steroid dienone is 3. The van der Waals surface area contributed by atoms with Gasteiger partial charge in [-0.3, -0.25) is 4.79 Å². The van der Waals surface area contributed by atoms with Gasteiger partial charge in [-0.1, -0.05) is 59.6 Å². The fraction of sp³-hybridized carbons (Fsp3) is 0.429. The summed E-state index contributed by atoms with van der Waals surface area (Å²) in [5, 5.41) is 4.33. The Balaban J connectivity index is 2.24. The fourth-order valence-electron chi connectivity index (χ4n) is 3.92. The van der Waals surface area contributed by atoms with Gasteiger partial charge in [0, 0.05) is 39.7 Å². The van der Waals surface area contributed by atoms with Crippen molar-refractivity contribution >= 4 is 39.3 Å². The summed E-state index contributed by atoms with van der Waals surface area (Å²) in [7, 11) is 0. The lowest BCUT2D eigenvalue weighted by Gasteiger charge is -2.40. The van der Waals surface area contributed by atoms with Gasteiger partial charge in [0.2, 0.25) is 0 Å². The van der Waals surface area contributed by atoms with Crippen molar-refractivity contribution < 1.29 is 14.3 Å². The summed E-state index contributed by atoms with van der Waals surface area (Å²) in [6, 6.07) is 7.37. The van der Waals surface area contributed by atoms with E-state index < -0.39 is 11.9 Å². The first-order valence-electron chi connectivity index (χ1n) is 9.03. The van der Waals surface area contributed by atoms with Gasteiger partial charge in [0.1, 0.15) is 0 Å². The fourth-order valence-corrected chi connectivity index (χ4v) is 4.61. The molecule has 2 aliphatic rings. The Morgan fingerprint density at radius 1 is 1.33 bits per heavy atom. The largest absolute Gasteiger partial charge is 0.463 e. The standard InChI is InChI=1S/C21H23BrClNO3/c1-4-27-20(26)19-15(11-22)24-14-9-21(2,3)10-16(25)18(14)17(19)12-7-5-6-8-13(12)23/h5-8,17,24H,4,9-11H2,1-3H3. The molecule has 0 aromatic heterocycles. The summed E-state index contributed by atoms with van der Waals surface area (Å²) in [5.41, 5.74) is 3.31. The van der Waals surface area contributed by atoms with Crippen molar-refractivity contribution in [3.63, 3.8) is 0 Å². The van der Waals surface area contributed by atoms with Crippen molar-refractivity contribution in [2.75, 3.05) is 11.9 Å². The van der Waals surface area contributed by atoms with E-state index in [0.717, 1.165) is 23.4 Å². The maximum atomic E-state index is 13.1. The molecular formula is C21H23BrClNO3. The highest BCUT2D eigenvalue weighted by Crippen LogP contribution is 2.48. The number of benzene rings is 1. The van der Waals surface area contributed by atoms with Crippen LogP contribution in [0.1, 0.15) is 45.1 Å². The van der Waals surface area contributed by atoms with E-state index in [-0.39, 0.29) is 17.8 Å². The number of Topliss-reactive ketones (excluding diaryl/α,β-unsaturated/α-hetero) is 1. The summed E-state index contributed by atoms with van der Waals surface area (Å²) in [4.78, 5) is 26.0. The first kappa shape index (κ1) is 20.2. The first-order chi connectivity index (χ1) is 12.8. The molecule has 1 aromatic carbocycles. The summed E-state index contributed by atoms with van der Waals surface area (Å²) in [6.45, 7) is 6.20. The number of ketones is 1. The minimum absolute atomic E-state index is 0.0501. The molecule has 0 saturated carbocycles. The number of carbonyl (C=O) groups is 2. The van der Waals surface area contributed by atoms with Gasteiger partial charge < -0.3 is 10.1 Å². The molecule has 1 unspecified atom stereocenters. The van der Waals surface area contributed by atoms with E-state index in [1.165, 1.54) is 0 Å². The third kappa shape index (κ3) is 3.85. The number of ether oxygens (including phenoxy) is 1. The van der Waals surface area contributed by atoms with Crippen molar-refractivity contribution in [2.24, 2.45) is 5.41 Å². The second-order valence-electron chi connectivity index (χ2n) is 7.66. The van der Waals surface area contributed by atoms with Crippen molar-refractivity contribution in [1.29, 1.82) is 0 Å². The monoisotopic (exact) mass is 451 g/mol. The van der Waals surface area contributed by atoms with E-state index in [1.54, 1.807) is 13.0 Å². The van der Waals surface area contributed by atoms with Crippen LogP contribution in [0.15, 0.2) is 46.8 Å². The van der Waals surface area contributed by atoms with Crippen molar-refractivity contribution in [3.05, 3.63) is 57.4 Å². The molecule has 27 heavy (non-hydrogen) atoms. The van der Waals surface area contributed by atoms with Crippen molar-refractivity contribution in [2.45, 2.75) is 39.5 Å². The van der Waals surface area contributed by atoms with E-state index in [4.69, 9.17) is 16.3 Å². The van der Waals surface area contributed by atoms with Crippen LogP contribution in [0.25, 0.3) is 0 Å². The molecule has 1 aliphatic carbocycles. The highest BCUT2D eigenvalue weighted by molar-refractivity contribution is 9.09. The maximum Gasteiger partial charge on any atom is 0.336 e.